The van der Waals surface area contributed by atoms with Gasteiger partial charge in [-0.2, -0.15) is 0 Å². The first kappa shape index (κ1) is 13.9. The molecule has 1 aromatic rings. The van der Waals surface area contributed by atoms with E-state index >= 15 is 0 Å². The minimum absolute atomic E-state index is 0.634. The molecule has 3 rings (SSSR count). The van der Waals surface area contributed by atoms with Gasteiger partial charge in [-0.3, -0.25) is 0 Å². The van der Waals surface area contributed by atoms with Gasteiger partial charge in [-0.15, -0.1) is 0 Å². The maximum absolute atomic E-state index is 4.55. The van der Waals surface area contributed by atoms with Crippen LogP contribution < -0.4 is 5.32 Å². The average Bonchev–Trinajstić information content (AvgIpc) is 3.12. The molecular formula is C16H28N4. The highest BCUT2D eigenvalue weighted by Crippen LogP contribution is 2.27. The van der Waals surface area contributed by atoms with Crippen LogP contribution in [0, 0.1) is 0 Å². The molecule has 2 fully saturated rings. The van der Waals surface area contributed by atoms with Crippen LogP contribution in [0.25, 0.3) is 0 Å². The Labute approximate surface area is 122 Å². The number of aromatic nitrogens is 2. The van der Waals surface area contributed by atoms with Gasteiger partial charge in [0.25, 0.3) is 0 Å². The van der Waals surface area contributed by atoms with E-state index in [0.717, 1.165) is 5.95 Å². The number of imidazole rings is 1. The number of nitrogens with one attached hydrogen (secondary N) is 1. The van der Waals surface area contributed by atoms with Gasteiger partial charge in [0.2, 0.25) is 5.95 Å². The van der Waals surface area contributed by atoms with Crippen LogP contribution in [0.1, 0.15) is 57.9 Å². The minimum Gasteiger partial charge on any atom is -0.353 e. The van der Waals surface area contributed by atoms with Crippen molar-refractivity contribution in [2.24, 2.45) is 0 Å². The molecule has 1 aliphatic carbocycles. The summed E-state index contributed by atoms with van der Waals surface area (Å²) in [5.41, 5.74) is 0. The molecule has 1 N–H and O–H groups in total. The van der Waals surface area contributed by atoms with Crippen molar-refractivity contribution in [3.05, 3.63) is 12.4 Å². The molecule has 1 aromatic heterocycles. The lowest BCUT2D eigenvalue weighted by Gasteiger charge is -2.33. The number of hydrogen-bond donors (Lipinski definition) is 1. The lowest BCUT2D eigenvalue weighted by Crippen LogP contribution is -2.35. The predicted molar refractivity (Wildman–Crippen MR) is 83.1 cm³/mol. The molecule has 0 unspecified atom stereocenters. The number of nitrogens with zero attached hydrogens (tertiary/aromatic N) is 3. The summed E-state index contributed by atoms with van der Waals surface area (Å²) < 4.78 is 2.39. The summed E-state index contributed by atoms with van der Waals surface area (Å²) in [7, 11) is 0. The van der Waals surface area contributed by atoms with E-state index in [4.69, 9.17) is 0 Å². The van der Waals surface area contributed by atoms with Crippen molar-refractivity contribution in [3.8, 4) is 0 Å². The molecule has 1 aliphatic heterocycles. The summed E-state index contributed by atoms with van der Waals surface area (Å²) in [6.07, 6.45) is 13.3. The quantitative estimate of drug-likeness (QED) is 0.896. The van der Waals surface area contributed by atoms with E-state index in [1.165, 1.54) is 64.6 Å². The summed E-state index contributed by atoms with van der Waals surface area (Å²) >= 11 is 0. The Morgan fingerprint density at radius 3 is 2.65 bits per heavy atom. The van der Waals surface area contributed by atoms with Crippen LogP contribution >= 0.6 is 0 Å². The molecule has 20 heavy (non-hydrogen) atoms. The predicted octanol–water partition coefficient (Wildman–Crippen LogP) is 3.28. The van der Waals surface area contributed by atoms with E-state index in [1.54, 1.807) is 0 Å². The molecule has 112 valence electrons. The number of hydrogen-bond acceptors (Lipinski definition) is 3. The molecular weight excluding hydrogens is 248 g/mol. The molecule has 0 atom stereocenters. The fraction of sp³-hybridized carbons (Fsp3) is 0.812. The van der Waals surface area contributed by atoms with Crippen molar-refractivity contribution in [2.45, 2.75) is 64.0 Å². The summed E-state index contributed by atoms with van der Waals surface area (Å²) in [5.74, 6) is 1.10. The SMILES string of the molecule is CCCN1CCC(n2ccnc2NC2CCCC2)CC1. The Morgan fingerprint density at radius 1 is 1.20 bits per heavy atom. The molecule has 0 bridgehead atoms. The molecule has 4 heteroatoms. The van der Waals surface area contributed by atoms with Gasteiger partial charge >= 0.3 is 0 Å². The third-order valence-electron chi connectivity index (χ3n) is 4.85. The first-order valence-corrected chi connectivity index (χ1v) is 8.38. The Hall–Kier alpha value is -1.03. The van der Waals surface area contributed by atoms with Crippen LogP contribution in [-0.4, -0.2) is 40.1 Å². The van der Waals surface area contributed by atoms with Gasteiger partial charge in [0, 0.05) is 37.6 Å². The first-order valence-electron chi connectivity index (χ1n) is 8.38. The average molecular weight is 276 g/mol. The van der Waals surface area contributed by atoms with Gasteiger partial charge < -0.3 is 14.8 Å². The van der Waals surface area contributed by atoms with Gasteiger partial charge in [0.15, 0.2) is 0 Å². The van der Waals surface area contributed by atoms with Crippen LogP contribution in [0.2, 0.25) is 0 Å². The smallest absolute Gasteiger partial charge is 0.203 e. The highest BCUT2D eigenvalue weighted by molar-refractivity contribution is 5.29. The summed E-state index contributed by atoms with van der Waals surface area (Å²) in [4.78, 5) is 7.14. The van der Waals surface area contributed by atoms with E-state index in [1.807, 2.05) is 6.20 Å². The van der Waals surface area contributed by atoms with E-state index in [2.05, 4.69) is 32.9 Å². The second-order valence-corrected chi connectivity index (χ2v) is 6.36. The Kier molecular flexibility index (Phi) is 4.61. The first-order chi connectivity index (χ1) is 9.86. The van der Waals surface area contributed by atoms with Crippen LogP contribution in [0.5, 0.6) is 0 Å². The zero-order valence-electron chi connectivity index (χ0n) is 12.7. The lowest BCUT2D eigenvalue weighted by atomic mass is 10.0. The van der Waals surface area contributed by atoms with Gasteiger partial charge in [0.05, 0.1) is 0 Å². The molecule has 1 saturated heterocycles. The molecule has 0 amide bonds. The normalized spacial score (nSPS) is 22.4. The third kappa shape index (κ3) is 3.17. The molecule has 0 spiro atoms. The van der Waals surface area contributed by atoms with E-state index in [-0.39, 0.29) is 0 Å². The van der Waals surface area contributed by atoms with Gasteiger partial charge in [0.1, 0.15) is 0 Å². The number of likely N-dealkylation sites (tertiary alicyclic amines) is 1. The Balaban J connectivity index is 1.58. The van der Waals surface area contributed by atoms with Crippen LogP contribution in [0.15, 0.2) is 12.4 Å². The van der Waals surface area contributed by atoms with Gasteiger partial charge in [-0.25, -0.2) is 4.98 Å². The topological polar surface area (TPSA) is 33.1 Å². The molecule has 2 heterocycles. The fourth-order valence-electron chi connectivity index (χ4n) is 3.71. The summed E-state index contributed by atoms with van der Waals surface area (Å²) in [6.45, 7) is 5.99. The third-order valence-corrected chi connectivity index (χ3v) is 4.85. The van der Waals surface area contributed by atoms with E-state index in [9.17, 15) is 0 Å². The zero-order chi connectivity index (χ0) is 13.8. The number of piperidine rings is 1. The lowest BCUT2D eigenvalue weighted by molar-refractivity contribution is 0.187. The molecule has 4 nitrogen and oxygen atoms in total. The Morgan fingerprint density at radius 2 is 1.95 bits per heavy atom. The second kappa shape index (κ2) is 6.61. The second-order valence-electron chi connectivity index (χ2n) is 6.36. The van der Waals surface area contributed by atoms with Crippen molar-refractivity contribution in [1.29, 1.82) is 0 Å². The minimum atomic E-state index is 0.634. The highest BCUT2D eigenvalue weighted by atomic mass is 15.2. The summed E-state index contributed by atoms with van der Waals surface area (Å²) in [6, 6.07) is 1.28. The van der Waals surface area contributed by atoms with Crippen molar-refractivity contribution < 1.29 is 0 Å². The van der Waals surface area contributed by atoms with Crippen LogP contribution in [0.3, 0.4) is 0 Å². The van der Waals surface area contributed by atoms with Gasteiger partial charge in [-0.05, 0) is 38.6 Å². The monoisotopic (exact) mass is 276 g/mol. The molecule has 2 aliphatic rings. The van der Waals surface area contributed by atoms with Crippen LogP contribution in [0.4, 0.5) is 5.95 Å². The van der Waals surface area contributed by atoms with Gasteiger partial charge in [-0.1, -0.05) is 19.8 Å². The van der Waals surface area contributed by atoms with Crippen molar-refractivity contribution in [2.75, 3.05) is 25.0 Å². The number of rotatable bonds is 5. The molecule has 0 aromatic carbocycles. The Bertz CT molecular complexity index is 400. The van der Waals surface area contributed by atoms with E-state index in [0.29, 0.717) is 12.1 Å². The molecule has 0 radical (unpaired) electrons. The molecule has 1 saturated carbocycles. The maximum atomic E-state index is 4.55. The zero-order valence-corrected chi connectivity index (χ0v) is 12.7. The standard InChI is InChI=1S/C16H28N4/c1-2-10-19-11-7-15(8-12-19)20-13-9-17-16(20)18-14-5-3-4-6-14/h9,13-15H,2-8,10-12H2,1H3,(H,17,18). The van der Waals surface area contributed by atoms with Crippen molar-refractivity contribution >= 4 is 5.95 Å². The summed E-state index contributed by atoms with van der Waals surface area (Å²) in [5, 5.41) is 3.66. The van der Waals surface area contributed by atoms with Crippen molar-refractivity contribution in [3.63, 3.8) is 0 Å². The fourth-order valence-corrected chi connectivity index (χ4v) is 3.71. The number of anilines is 1. The maximum Gasteiger partial charge on any atom is 0.203 e. The highest BCUT2D eigenvalue weighted by Gasteiger charge is 2.23. The van der Waals surface area contributed by atoms with Crippen LogP contribution in [-0.2, 0) is 0 Å². The largest absolute Gasteiger partial charge is 0.353 e. The van der Waals surface area contributed by atoms with Crippen molar-refractivity contribution in [1.82, 2.24) is 14.5 Å². The van der Waals surface area contributed by atoms with E-state index < -0.39 is 0 Å².